The number of amides is 2. The van der Waals surface area contributed by atoms with E-state index in [-0.39, 0.29) is 24.6 Å². The second kappa shape index (κ2) is 7.24. The average molecular weight is 398 g/mol. The summed E-state index contributed by atoms with van der Waals surface area (Å²) in [7, 11) is 0. The lowest BCUT2D eigenvalue weighted by molar-refractivity contribution is -0.137. The van der Waals surface area contributed by atoms with Crippen molar-refractivity contribution in [2.75, 3.05) is 16.8 Å². The molecule has 1 atom stereocenters. The lowest BCUT2D eigenvalue weighted by atomic mass is 10.1. The molecule has 3 aromatic rings. The third kappa shape index (κ3) is 3.81. The number of benzene rings is 3. The molecule has 1 heterocycles. The molecule has 3 aromatic carbocycles. The largest absolute Gasteiger partial charge is 0.416 e. The Bertz CT molecular complexity index is 1090. The molecule has 1 fully saturated rings. The van der Waals surface area contributed by atoms with Gasteiger partial charge >= 0.3 is 6.18 Å². The molecule has 2 amide bonds. The average Bonchev–Trinajstić information content (AvgIpc) is 3.09. The van der Waals surface area contributed by atoms with Crippen molar-refractivity contribution in [1.82, 2.24) is 0 Å². The number of hydrogen-bond acceptors (Lipinski definition) is 2. The van der Waals surface area contributed by atoms with Gasteiger partial charge in [0, 0.05) is 24.0 Å². The Kier molecular flexibility index (Phi) is 4.74. The van der Waals surface area contributed by atoms with E-state index in [1.807, 2.05) is 42.5 Å². The Morgan fingerprint density at radius 2 is 1.72 bits per heavy atom. The molecule has 1 saturated heterocycles. The van der Waals surface area contributed by atoms with Gasteiger partial charge in [0.25, 0.3) is 0 Å². The molecule has 1 aliphatic rings. The van der Waals surface area contributed by atoms with Crippen LogP contribution < -0.4 is 10.2 Å². The van der Waals surface area contributed by atoms with Gasteiger partial charge in [-0.15, -0.1) is 0 Å². The minimum Gasteiger partial charge on any atom is -0.326 e. The molecule has 0 unspecified atom stereocenters. The number of carbonyl (C=O) groups is 2. The smallest absolute Gasteiger partial charge is 0.326 e. The van der Waals surface area contributed by atoms with Crippen molar-refractivity contribution in [3.05, 3.63) is 72.3 Å². The summed E-state index contributed by atoms with van der Waals surface area (Å²) in [5.74, 6) is -1.30. The quantitative estimate of drug-likeness (QED) is 0.686. The molecule has 0 aliphatic carbocycles. The van der Waals surface area contributed by atoms with Gasteiger partial charge in [-0.1, -0.05) is 42.5 Å². The number of halogens is 3. The summed E-state index contributed by atoms with van der Waals surface area (Å²) in [4.78, 5) is 26.7. The molecule has 148 valence electrons. The molecule has 0 spiro atoms. The summed E-state index contributed by atoms with van der Waals surface area (Å²) < 4.78 is 38.6. The highest BCUT2D eigenvalue weighted by molar-refractivity contribution is 6.08. The number of fused-ring (bicyclic) bond motifs is 1. The first-order valence-electron chi connectivity index (χ1n) is 9.09. The third-order valence-corrected chi connectivity index (χ3v) is 5.01. The van der Waals surface area contributed by atoms with Crippen molar-refractivity contribution < 1.29 is 22.8 Å². The normalized spacial score (nSPS) is 17.0. The van der Waals surface area contributed by atoms with E-state index in [0.717, 1.165) is 28.6 Å². The van der Waals surface area contributed by atoms with E-state index in [4.69, 9.17) is 0 Å². The zero-order chi connectivity index (χ0) is 20.6. The highest BCUT2D eigenvalue weighted by Crippen LogP contribution is 2.33. The van der Waals surface area contributed by atoms with Gasteiger partial charge in [0.15, 0.2) is 0 Å². The zero-order valence-corrected chi connectivity index (χ0v) is 15.2. The lowest BCUT2D eigenvalue weighted by Gasteiger charge is -2.19. The highest BCUT2D eigenvalue weighted by atomic mass is 19.4. The molecule has 1 N–H and O–H groups in total. The summed E-state index contributed by atoms with van der Waals surface area (Å²) in [5, 5.41) is 4.39. The van der Waals surface area contributed by atoms with Gasteiger partial charge < -0.3 is 10.2 Å². The van der Waals surface area contributed by atoms with Crippen LogP contribution in [-0.2, 0) is 15.8 Å². The predicted octanol–water partition coefficient (Wildman–Crippen LogP) is 4.85. The Hall–Kier alpha value is -3.35. The molecule has 1 aliphatic heterocycles. The van der Waals surface area contributed by atoms with Crippen LogP contribution in [0.3, 0.4) is 0 Å². The minimum absolute atomic E-state index is 0.00795. The van der Waals surface area contributed by atoms with Crippen LogP contribution >= 0.6 is 0 Å². The zero-order valence-electron chi connectivity index (χ0n) is 15.2. The standard InChI is InChI=1S/C22H17F3N2O2/c23-22(24,25)16-7-4-8-17(12-16)26-21(29)15-11-20(28)27(13-15)19-10-3-6-14-5-1-2-9-18(14)19/h1-10,12,15H,11,13H2,(H,26,29)/t15-/m1/s1. The highest BCUT2D eigenvalue weighted by Gasteiger charge is 2.36. The molecule has 0 bridgehead atoms. The van der Waals surface area contributed by atoms with Crippen LogP contribution in [0.5, 0.6) is 0 Å². The lowest BCUT2D eigenvalue weighted by Crippen LogP contribution is -2.28. The maximum atomic E-state index is 12.9. The molecule has 7 heteroatoms. The van der Waals surface area contributed by atoms with Gasteiger partial charge in [0.2, 0.25) is 11.8 Å². The van der Waals surface area contributed by atoms with Gasteiger partial charge in [-0.05, 0) is 29.7 Å². The van der Waals surface area contributed by atoms with Crippen molar-refractivity contribution >= 4 is 34.0 Å². The first-order valence-corrected chi connectivity index (χ1v) is 9.09. The van der Waals surface area contributed by atoms with Gasteiger partial charge in [-0.3, -0.25) is 9.59 Å². The fourth-order valence-electron chi connectivity index (χ4n) is 3.58. The summed E-state index contributed by atoms with van der Waals surface area (Å²) in [6, 6.07) is 17.7. The van der Waals surface area contributed by atoms with Gasteiger partial charge in [-0.2, -0.15) is 13.2 Å². The molecule has 29 heavy (non-hydrogen) atoms. The van der Waals surface area contributed by atoms with E-state index < -0.39 is 23.6 Å². The maximum absolute atomic E-state index is 12.9. The van der Waals surface area contributed by atoms with Crippen LogP contribution in [0.25, 0.3) is 10.8 Å². The van der Waals surface area contributed by atoms with Crippen LogP contribution in [0.2, 0.25) is 0 Å². The number of rotatable bonds is 3. The first kappa shape index (κ1) is 19.0. The summed E-state index contributed by atoms with van der Waals surface area (Å²) in [5.41, 5.74) is -0.0569. The van der Waals surface area contributed by atoms with Crippen LogP contribution in [0.15, 0.2) is 66.7 Å². The van der Waals surface area contributed by atoms with Crippen molar-refractivity contribution in [3.8, 4) is 0 Å². The molecular weight excluding hydrogens is 381 g/mol. The number of hydrogen-bond donors (Lipinski definition) is 1. The van der Waals surface area contributed by atoms with Crippen molar-refractivity contribution in [1.29, 1.82) is 0 Å². The number of anilines is 2. The van der Waals surface area contributed by atoms with Crippen LogP contribution in [0.1, 0.15) is 12.0 Å². The van der Waals surface area contributed by atoms with E-state index >= 15 is 0 Å². The van der Waals surface area contributed by atoms with Crippen LogP contribution in [0, 0.1) is 5.92 Å². The Balaban J connectivity index is 1.53. The SMILES string of the molecule is O=C(Nc1cccc(C(F)(F)F)c1)[C@@H]1CC(=O)N(c2cccc3ccccc23)C1. The number of carbonyl (C=O) groups excluding carboxylic acids is 2. The fraction of sp³-hybridized carbons (Fsp3) is 0.182. The van der Waals surface area contributed by atoms with E-state index in [9.17, 15) is 22.8 Å². The van der Waals surface area contributed by atoms with Gasteiger partial charge in [-0.25, -0.2) is 0 Å². The second-order valence-corrected chi connectivity index (χ2v) is 6.97. The number of nitrogens with one attached hydrogen (secondary N) is 1. The molecule has 4 rings (SSSR count). The van der Waals surface area contributed by atoms with E-state index in [1.165, 1.54) is 12.1 Å². The molecule has 0 aromatic heterocycles. The predicted molar refractivity (Wildman–Crippen MR) is 104 cm³/mol. The number of alkyl halides is 3. The van der Waals surface area contributed by atoms with Crippen LogP contribution in [-0.4, -0.2) is 18.4 Å². The third-order valence-electron chi connectivity index (χ3n) is 5.01. The van der Waals surface area contributed by atoms with E-state index in [0.29, 0.717) is 0 Å². The van der Waals surface area contributed by atoms with E-state index in [1.54, 1.807) is 4.90 Å². The summed E-state index contributed by atoms with van der Waals surface area (Å²) in [6.07, 6.45) is -4.48. The summed E-state index contributed by atoms with van der Waals surface area (Å²) >= 11 is 0. The van der Waals surface area contributed by atoms with Crippen molar-refractivity contribution in [3.63, 3.8) is 0 Å². The van der Waals surface area contributed by atoms with Crippen molar-refractivity contribution in [2.45, 2.75) is 12.6 Å². The molecule has 0 radical (unpaired) electrons. The Morgan fingerprint density at radius 1 is 1.00 bits per heavy atom. The number of nitrogens with zero attached hydrogens (tertiary/aromatic N) is 1. The van der Waals surface area contributed by atoms with E-state index in [2.05, 4.69) is 5.32 Å². The first-order chi connectivity index (χ1) is 13.8. The monoisotopic (exact) mass is 398 g/mol. The topological polar surface area (TPSA) is 49.4 Å². The molecular formula is C22H17F3N2O2. The van der Waals surface area contributed by atoms with Crippen LogP contribution in [0.4, 0.5) is 24.5 Å². The fourth-order valence-corrected chi connectivity index (χ4v) is 3.58. The maximum Gasteiger partial charge on any atom is 0.416 e. The Labute approximate surface area is 164 Å². The molecule has 0 saturated carbocycles. The molecule has 4 nitrogen and oxygen atoms in total. The van der Waals surface area contributed by atoms with Crippen molar-refractivity contribution in [2.24, 2.45) is 5.92 Å². The van der Waals surface area contributed by atoms with Gasteiger partial charge in [0.05, 0.1) is 17.2 Å². The summed E-state index contributed by atoms with van der Waals surface area (Å²) in [6.45, 7) is 0.178. The second-order valence-electron chi connectivity index (χ2n) is 6.97. The van der Waals surface area contributed by atoms with Gasteiger partial charge in [0.1, 0.15) is 0 Å². The Morgan fingerprint density at radius 3 is 2.52 bits per heavy atom. The minimum atomic E-state index is -4.49.